The van der Waals surface area contributed by atoms with Gasteiger partial charge in [0.25, 0.3) is 0 Å². The molecule has 0 radical (unpaired) electrons. The van der Waals surface area contributed by atoms with E-state index in [-0.39, 0.29) is 5.75 Å². The highest BCUT2D eigenvalue weighted by atomic mass is 35.7. The molecule has 1 rings (SSSR count). The van der Waals surface area contributed by atoms with E-state index in [1.165, 1.54) is 0 Å². The Labute approximate surface area is 81.9 Å². The van der Waals surface area contributed by atoms with E-state index in [2.05, 4.69) is 5.10 Å². The molecule has 0 N–H and O–H groups in total. The SMILES string of the molecule is Cc1nn(C)c(C)c1CS(=O)(=O)Cl. The summed E-state index contributed by atoms with van der Waals surface area (Å²) in [6, 6.07) is 0. The third kappa shape index (κ3) is 2.45. The van der Waals surface area contributed by atoms with Gasteiger partial charge in [0.05, 0.1) is 11.4 Å². The summed E-state index contributed by atoms with van der Waals surface area (Å²) in [6.07, 6.45) is 0. The Hall–Kier alpha value is -0.550. The number of hydrogen-bond donors (Lipinski definition) is 0. The Morgan fingerprint density at radius 2 is 2.00 bits per heavy atom. The predicted octanol–water partition coefficient (Wildman–Crippen LogP) is 1.11. The van der Waals surface area contributed by atoms with Gasteiger partial charge in [-0.25, -0.2) is 8.42 Å². The Kier molecular flexibility index (Phi) is 2.68. The van der Waals surface area contributed by atoms with Crippen LogP contribution in [0.4, 0.5) is 0 Å². The molecule has 0 bridgehead atoms. The lowest BCUT2D eigenvalue weighted by Crippen LogP contribution is -1.98. The molecule has 0 spiro atoms. The van der Waals surface area contributed by atoms with Crippen molar-refractivity contribution < 1.29 is 8.42 Å². The second kappa shape index (κ2) is 3.31. The van der Waals surface area contributed by atoms with Gasteiger partial charge in [-0.2, -0.15) is 5.10 Å². The minimum absolute atomic E-state index is 0.153. The largest absolute Gasteiger partial charge is 0.272 e. The number of aromatic nitrogens is 2. The Morgan fingerprint density at radius 3 is 2.31 bits per heavy atom. The van der Waals surface area contributed by atoms with E-state index in [9.17, 15) is 8.42 Å². The summed E-state index contributed by atoms with van der Waals surface area (Å²) in [5.74, 6) is -0.153. The molecule has 0 aliphatic carbocycles. The van der Waals surface area contributed by atoms with Crippen molar-refractivity contribution in [2.45, 2.75) is 19.6 Å². The van der Waals surface area contributed by atoms with E-state index >= 15 is 0 Å². The molecule has 0 atom stereocenters. The summed E-state index contributed by atoms with van der Waals surface area (Å²) < 4.78 is 23.3. The lowest BCUT2D eigenvalue weighted by Gasteiger charge is -1.97. The van der Waals surface area contributed by atoms with Crippen molar-refractivity contribution in [3.05, 3.63) is 17.0 Å². The van der Waals surface area contributed by atoms with Crippen LogP contribution in [0, 0.1) is 13.8 Å². The summed E-state index contributed by atoms with van der Waals surface area (Å²) in [7, 11) is 3.44. The first-order valence-corrected chi connectivity index (χ1v) is 6.20. The number of rotatable bonds is 2. The molecule has 6 heteroatoms. The molecule has 0 aliphatic heterocycles. The Morgan fingerprint density at radius 1 is 1.46 bits per heavy atom. The van der Waals surface area contributed by atoms with Crippen LogP contribution in [0.5, 0.6) is 0 Å². The van der Waals surface area contributed by atoms with Gasteiger partial charge in [0.15, 0.2) is 0 Å². The molecule has 0 saturated heterocycles. The number of hydrogen-bond acceptors (Lipinski definition) is 3. The Bertz CT molecular complexity index is 422. The molecule has 4 nitrogen and oxygen atoms in total. The van der Waals surface area contributed by atoms with Crippen molar-refractivity contribution in [3.63, 3.8) is 0 Å². The van der Waals surface area contributed by atoms with E-state index in [0.29, 0.717) is 11.3 Å². The molecule has 0 saturated carbocycles. The van der Waals surface area contributed by atoms with E-state index in [1.54, 1.807) is 18.7 Å². The maximum Gasteiger partial charge on any atom is 0.236 e. The van der Waals surface area contributed by atoms with Crippen LogP contribution in [0.1, 0.15) is 17.0 Å². The lowest BCUT2D eigenvalue weighted by atomic mass is 10.2. The second-order valence-electron chi connectivity index (χ2n) is 2.96. The van der Waals surface area contributed by atoms with Crippen LogP contribution in [0.2, 0.25) is 0 Å². The maximum atomic E-state index is 10.8. The molecular weight excluding hydrogens is 212 g/mol. The fourth-order valence-electron chi connectivity index (χ4n) is 1.20. The van der Waals surface area contributed by atoms with Crippen LogP contribution in [-0.2, 0) is 21.9 Å². The second-order valence-corrected chi connectivity index (χ2v) is 5.73. The van der Waals surface area contributed by atoms with Gasteiger partial charge in [0, 0.05) is 29.0 Å². The summed E-state index contributed by atoms with van der Waals surface area (Å²) >= 11 is 0. The van der Waals surface area contributed by atoms with Crippen molar-refractivity contribution in [1.29, 1.82) is 0 Å². The van der Waals surface area contributed by atoms with Crippen LogP contribution in [0.3, 0.4) is 0 Å². The topological polar surface area (TPSA) is 52.0 Å². The predicted molar refractivity (Wildman–Crippen MR) is 51.2 cm³/mol. The molecule has 1 aromatic heterocycles. The molecule has 0 aromatic carbocycles. The molecule has 1 heterocycles. The maximum absolute atomic E-state index is 10.8. The van der Waals surface area contributed by atoms with Crippen molar-refractivity contribution in [1.82, 2.24) is 9.78 Å². The molecule has 13 heavy (non-hydrogen) atoms. The first-order chi connectivity index (χ1) is 5.81. The van der Waals surface area contributed by atoms with Gasteiger partial charge >= 0.3 is 0 Å². The average molecular weight is 223 g/mol. The van der Waals surface area contributed by atoms with E-state index in [0.717, 1.165) is 5.69 Å². The zero-order chi connectivity index (χ0) is 10.2. The van der Waals surface area contributed by atoms with Gasteiger partial charge in [-0.05, 0) is 13.8 Å². The smallest absolute Gasteiger partial charge is 0.236 e. The van der Waals surface area contributed by atoms with Crippen LogP contribution in [0.15, 0.2) is 0 Å². The molecule has 0 amide bonds. The number of halogens is 1. The molecule has 0 aliphatic rings. The van der Waals surface area contributed by atoms with Crippen LogP contribution >= 0.6 is 10.7 Å². The minimum Gasteiger partial charge on any atom is -0.272 e. The fourth-order valence-corrected chi connectivity index (χ4v) is 2.29. The van der Waals surface area contributed by atoms with Crippen molar-refractivity contribution in [3.8, 4) is 0 Å². The van der Waals surface area contributed by atoms with Crippen molar-refractivity contribution in [2.75, 3.05) is 0 Å². The van der Waals surface area contributed by atoms with Gasteiger partial charge in [-0.1, -0.05) is 0 Å². The highest BCUT2D eigenvalue weighted by Crippen LogP contribution is 2.17. The summed E-state index contributed by atoms with van der Waals surface area (Å²) in [5, 5.41) is 4.09. The minimum atomic E-state index is -3.49. The third-order valence-corrected chi connectivity index (χ3v) is 2.94. The zero-order valence-electron chi connectivity index (χ0n) is 7.70. The Balaban J connectivity index is 3.15. The van der Waals surface area contributed by atoms with Gasteiger partial charge in [0.1, 0.15) is 0 Å². The molecule has 0 unspecified atom stereocenters. The first kappa shape index (κ1) is 10.5. The monoisotopic (exact) mass is 222 g/mol. The van der Waals surface area contributed by atoms with Crippen molar-refractivity contribution in [2.24, 2.45) is 7.05 Å². The molecule has 1 aromatic rings. The highest BCUT2D eigenvalue weighted by Gasteiger charge is 2.15. The summed E-state index contributed by atoms with van der Waals surface area (Å²) in [4.78, 5) is 0. The molecule has 74 valence electrons. The van der Waals surface area contributed by atoms with Gasteiger partial charge < -0.3 is 0 Å². The molecule has 0 fully saturated rings. The standard InChI is InChI=1S/C7H11ClN2O2S/c1-5-7(4-13(8,11)12)6(2)10(3)9-5/h4H2,1-3H3. The number of aryl methyl sites for hydroxylation is 2. The normalized spacial score (nSPS) is 12.0. The van der Waals surface area contributed by atoms with Gasteiger partial charge in [-0.3, -0.25) is 4.68 Å². The first-order valence-electron chi connectivity index (χ1n) is 3.72. The summed E-state index contributed by atoms with van der Waals surface area (Å²) in [6.45, 7) is 3.59. The third-order valence-electron chi connectivity index (χ3n) is 1.98. The zero-order valence-corrected chi connectivity index (χ0v) is 9.28. The van der Waals surface area contributed by atoms with E-state index in [1.807, 2.05) is 6.92 Å². The van der Waals surface area contributed by atoms with Gasteiger partial charge in [0.2, 0.25) is 9.05 Å². The van der Waals surface area contributed by atoms with Crippen LogP contribution in [0.25, 0.3) is 0 Å². The fraction of sp³-hybridized carbons (Fsp3) is 0.571. The summed E-state index contributed by atoms with van der Waals surface area (Å²) in [5.41, 5.74) is 2.24. The van der Waals surface area contributed by atoms with Gasteiger partial charge in [-0.15, -0.1) is 0 Å². The van der Waals surface area contributed by atoms with Crippen LogP contribution < -0.4 is 0 Å². The van der Waals surface area contributed by atoms with E-state index in [4.69, 9.17) is 10.7 Å². The molecular formula is C7H11ClN2O2S. The lowest BCUT2D eigenvalue weighted by molar-refractivity contribution is 0.608. The van der Waals surface area contributed by atoms with Crippen molar-refractivity contribution >= 4 is 19.7 Å². The highest BCUT2D eigenvalue weighted by molar-refractivity contribution is 8.13. The number of nitrogens with zero attached hydrogens (tertiary/aromatic N) is 2. The van der Waals surface area contributed by atoms with E-state index < -0.39 is 9.05 Å². The average Bonchev–Trinajstić information content (AvgIpc) is 2.14. The van der Waals surface area contributed by atoms with Crippen LogP contribution in [-0.4, -0.2) is 18.2 Å². The quantitative estimate of drug-likeness (QED) is 0.705.